The molecule has 2 aliphatic rings. The molecule has 1 aliphatic carbocycles. The van der Waals surface area contributed by atoms with Crippen LogP contribution in [0.1, 0.15) is 30.1 Å². The van der Waals surface area contributed by atoms with Gasteiger partial charge in [0, 0.05) is 5.92 Å². The Hall–Kier alpha value is -1.26. The molecule has 3 rings (SSSR count). The lowest BCUT2D eigenvalue weighted by Gasteiger charge is -2.36. The smallest absolute Gasteiger partial charge is 0.161 e. The number of fused-ring (bicyclic) bond motifs is 2. The lowest BCUT2D eigenvalue weighted by atomic mass is 9.69. The van der Waals surface area contributed by atoms with Gasteiger partial charge >= 0.3 is 0 Å². The Labute approximate surface area is 113 Å². The van der Waals surface area contributed by atoms with Gasteiger partial charge in [0.15, 0.2) is 11.5 Å². The van der Waals surface area contributed by atoms with Gasteiger partial charge in [-0.25, -0.2) is 0 Å². The molecular weight excluding hydrogens is 244 g/mol. The second-order valence-electron chi connectivity index (χ2n) is 5.43. The number of hydrogen-bond donors (Lipinski definition) is 1. The first-order valence-electron chi connectivity index (χ1n) is 6.69. The van der Waals surface area contributed by atoms with E-state index in [-0.39, 0.29) is 5.92 Å². The van der Waals surface area contributed by atoms with Crippen LogP contribution in [0.5, 0.6) is 11.5 Å². The average Bonchev–Trinajstić information content (AvgIpc) is 2.93. The van der Waals surface area contributed by atoms with Gasteiger partial charge in [-0.15, -0.1) is 0 Å². The third-order valence-electron chi connectivity index (χ3n) is 4.62. The Morgan fingerprint density at radius 1 is 1.05 bits per heavy atom. The van der Waals surface area contributed by atoms with Crippen LogP contribution < -0.4 is 9.47 Å². The predicted molar refractivity (Wildman–Crippen MR) is 70.7 cm³/mol. The Kier molecular flexibility index (Phi) is 3.15. The summed E-state index contributed by atoms with van der Waals surface area (Å²) in [5.74, 6) is 2.34. The second-order valence-corrected chi connectivity index (χ2v) is 5.43. The van der Waals surface area contributed by atoms with Gasteiger partial charge in [-0.05, 0) is 35.1 Å². The van der Waals surface area contributed by atoms with Gasteiger partial charge in [0.2, 0.25) is 0 Å². The molecule has 1 aliphatic heterocycles. The fourth-order valence-electron chi connectivity index (χ4n) is 3.45. The van der Waals surface area contributed by atoms with Crippen LogP contribution in [0.15, 0.2) is 12.1 Å². The molecule has 1 aromatic rings. The standard InChI is InChI=1S/C15H20O4/c1-8-9-4-13(17-2)14(18-3)5-10(9)15(16)12-7-19-6-11(8)12/h4-5,8,11-12,15-16H,6-7H2,1-3H3/t8-,11+,12-,15?/m0/s1. The molecule has 104 valence electrons. The van der Waals surface area contributed by atoms with E-state index in [0.29, 0.717) is 24.2 Å². The van der Waals surface area contributed by atoms with Crippen molar-refractivity contribution in [2.24, 2.45) is 11.8 Å². The first-order valence-corrected chi connectivity index (χ1v) is 6.69. The van der Waals surface area contributed by atoms with Crippen LogP contribution in [-0.4, -0.2) is 32.5 Å². The van der Waals surface area contributed by atoms with Crippen LogP contribution in [0.2, 0.25) is 0 Å². The molecule has 0 aromatic heterocycles. The topological polar surface area (TPSA) is 47.9 Å². The molecule has 4 nitrogen and oxygen atoms in total. The van der Waals surface area contributed by atoms with Gasteiger partial charge in [0.05, 0.1) is 33.5 Å². The highest BCUT2D eigenvalue weighted by atomic mass is 16.5. The molecule has 4 heteroatoms. The van der Waals surface area contributed by atoms with Crippen molar-refractivity contribution in [1.29, 1.82) is 0 Å². The molecule has 19 heavy (non-hydrogen) atoms. The molecule has 1 heterocycles. The molecule has 0 radical (unpaired) electrons. The van der Waals surface area contributed by atoms with Crippen molar-refractivity contribution in [3.05, 3.63) is 23.3 Å². The molecule has 1 unspecified atom stereocenters. The maximum atomic E-state index is 10.6. The minimum atomic E-state index is -0.474. The summed E-state index contributed by atoms with van der Waals surface area (Å²) in [6.07, 6.45) is -0.474. The van der Waals surface area contributed by atoms with Crippen molar-refractivity contribution < 1.29 is 19.3 Å². The summed E-state index contributed by atoms with van der Waals surface area (Å²) in [5.41, 5.74) is 2.11. The fraction of sp³-hybridized carbons (Fsp3) is 0.600. The summed E-state index contributed by atoms with van der Waals surface area (Å²) in [7, 11) is 3.25. The van der Waals surface area contributed by atoms with E-state index in [4.69, 9.17) is 14.2 Å². The van der Waals surface area contributed by atoms with Gasteiger partial charge in [-0.1, -0.05) is 6.92 Å². The van der Waals surface area contributed by atoms with Crippen molar-refractivity contribution in [2.75, 3.05) is 27.4 Å². The third-order valence-corrected chi connectivity index (χ3v) is 4.62. The summed E-state index contributed by atoms with van der Waals surface area (Å²) in [4.78, 5) is 0. The number of aliphatic hydroxyl groups excluding tert-OH is 1. The minimum absolute atomic E-state index is 0.195. The van der Waals surface area contributed by atoms with Crippen molar-refractivity contribution >= 4 is 0 Å². The molecule has 4 atom stereocenters. The lowest BCUT2D eigenvalue weighted by Crippen LogP contribution is -2.31. The SMILES string of the molecule is COc1cc2c(cc1OC)[C@H](C)[C@H]1COC[C@@H]1C2O. The van der Waals surface area contributed by atoms with E-state index in [9.17, 15) is 5.11 Å². The van der Waals surface area contributed by atoms with Gasteiger partial charge < -0.3 is 19.3 Å². The van der Waals surface area contributed by atoms with Crippen LogP contribution in [0.25, 0.3) is 0 Å². The quantitative estimate of drug-likeness (QED) is 0.889. The van der Waals surface area contributed by atoms with Crippen LogP contribution in [-0.2, 0) is 4.74 Å². The molecule has 1 fully saturated rings. The zero-order chi connectivity index (χ0) is 13.6. The number of methoxy groups -OCH3 is 2. The first-order chi connectivity index (χ1) is 9.17. The molecule has 1 saturated heterocycles. The molecular formula is C15H20O4. The van der Waals surface area contributed by atoms with Crippen LogP contribution >= 0.6 is 0 Å². The maximum absolute atomic E-state index is 10.6. The number of hydrogen-bond acceptors (Lipinski definition) is 4. The summed E-state index contributed by atoms with van der Waals surface area (Å²) < 4.78 is 16.2. The zero-order valence-electron chi connectivity index (χ0n) is 11.6. The van der Waals surface area contributed by atoms with Crippen LogP contribution in [0, 0.1) is 11.8 Å². The Bertz CT molecular complexity index is 442. The maximum Gasteiger partial charge on any atom is 0.161 e. The average molecular weight is 264 g/mol. The molecule has 0 bridgehead atoms. The van der Waals surface area contributed by atoms with E-state index < -0.39 is 6.10 Å². The molecule has 0 spiro atoms. The van der Waals surface area contributed by atoms with E-state index in [0.717, 1.165) is 23.5 Å². The van der Waals surface area contributed by atoms with Gasteiger partial charge in [-0.2, -0.15) is 0 Å². The molecule has 1 aromatic carbocycles. The predicted octanol–water partition coefficient (Wildman–Crippen LogP) is 2.12. The van der Waals surface area contributed by atoms with E-state index in [1.54, 1.807) is 14.2 Å². The Morgan fingerprint density at radius 3 is 2.26 bits per heavy atom. The zero-order valence-corrected chi connectivity index (χ0v) is 11.6. The van der Waals surface area contributed by atoms with E-state index in [1.165, 1.54) is 0 Å². The van der Waals surface area contributed by atoms with Crippen molar-refractivity contribution in [1.82, 2.24) is 0 Å². The number of benzene rings is 1. The highest BCUT2D eigenvalue weighted by Gasteiger charge is 2.44. The van der Waals surface area contributed by atoms with Crippen molar-refractivity contribution in [2.45, 2.75) is 18.9 Å². The molecule has 0 saturated carbocycles. The van der Waals surface area contributed by atoms with Crippen molar-refractivity contribution in [3.8, 4) is 11.5 Å². The minimum Gasteiger partial charge on any atom is -0.493 e. The molecule has 0 amide bonds. The normalized spacial score (nSPS) is 32.6. The number of ether oxygens (including phenoxy) is 3. The first kappa shape index (κ1) is 12.8. The number of rotatable bonds is 2. The van der Waals surface area contributed by atoms with E-state index in [2.05, 4.69) is 6.92 Å². The highest BCUT2D eigenvalue weighted by molar-refractivity contribution is 5.50. The fourth-order valence-corrected chi connectivity index (χ4v) is 3.45. The summed E-state index contributed by atoms with van der Waals surface area (Å²) in [5, 5.41) is 10.6. The summed E-state index contributed by atoms with van der Waals surface area (Å²) in [6.45, 7) is 3.57. The van der Waals surface area contributed by atoms with Crippen molar-refractivity contribution in [3.63, 3.8) is 0 Å². The number of aliphatic hydroxyl groups is 1. The largest absolute Gasteiger partial charge is 0.493 e. The lowest BCUT2D eigenvalue weighted by molar-refractivity contribution is 0.0667. The van der Waals surface area contributed by atoms with Gasteiger partial charge in [0.25, 0.3) is 0 Å². The van der Waals surface area contributed by atoms with Crippen LogP contribution in [0.4, 0.5) is 0 Å². The Balaban J connectivity index is 2.11. The second kappa shape index (κ2) is 4.69. The van der Waals surface area contributed by atoms with Gasteiger partial charge in [-0.3, -0.25) is 0 Å². The molecule has 1 N–H and O–H groups in total. The highest BCUT2D eigenvalue weighted by Crippen LogP contribution is 2.50. The van der Waals surface area contributed by atoms with Crippen LogP contribution in [0.3, 0.4) is 0 Å². The monoisotopic (exact) mass is 264 g/mol. The summed E-state index contributed by atoms with van der Waals surface area (Å²) >= 11 is 0. The summed E-state index contributed by atoms with van der Waals surface area (Å²) in [6, 6.07) is 3.90. The Morgan fingerprint density at radius 2 is 1.63 bits per heavy atom. The van der Waals surface area contributed by atoms with E-state index >= 15 is 0 Å². The van der Waals surface area contributed by atoms with E-state index in [1.807, 2.05) is 12.1 Å². The third kappa shape index (κ3) is 1.82. The van der Waals surface area contributed by atoms with Gasteiger partial charge in [0.1, 0.15) is 0 Å².